The van der Waals surface area contributed by atoms with E-state index in [0.29, 0.717) is 12.5 Å². The predicted octanol–water partition coefficient (Wildman–Crippen LogP) is 1.59. The summed E-state index contributed by atoms with van der Waals surface area (Å²) >= 11 is 0. The molecule has 1 aromatic rings. The van der Waals surface area contributed by atoms with Crippen molar-refractivity contribution >= 4 is 24.2 Å². The summed E-state index contributed by atoms with van der Waals surface area (Å²) in [5.74, 6) is 0.262. The lowest BCUT2D eigenvalue weighted by Crippen LogP contribution is -2.56. The number of rotatable bonds is 2. The first-order valence-corrected chi connectivity index (χ1v) is 7.38. The highest BCUT2D eigenvalue weighted by atomic mass is 35.5. The number of hydrogen-bond donors (Lipinski definition) is 1. The highest BCUT2D eigenvalue weighted by molar-refractivity contribution is 6.05. The Hall–Kier alpha value is -1.39. The van der Waals surface area contributed by atoms with Crippen LogP contribution >= 0.6 is 12.4 Å². The number of halogens is 1. The molecule has 5 rings (SSSR count). The fraction of sp³-hybridized carbons (Fsp3) is 0.500. The summed E-state index contributed by atoms with van der Waals surface area (Å²) < 4.78 is 0. The summed E-state index contributed by atoms with van der Waals surface area (Å²) in [7, 11) is 0. The second-order valence-electron chi connectivity index (χ2n) is 6.15. The van der Waals surface area contributed by atoms with Gasteiger partial charge in [-0.05, 0) is 30.9 Å². The molecule has 0 aromatic heterocycles. The first-order valence-electron chi connectivity index (χ1n) is 7.38. The molecule has 3 aliphatic heterocycles. The molecule has 4 aliphatic rings. The molecule has 5 heteroatoms. The summed E-state index contributed by atoms with van der Waals surface area (Å²) in [4.78, 5) is 26.7. The van der Waals surface area contributed by atoms with Gasteiger partial charge in [-0.15, -0.1) is 12.4 Å². The average Bonchev–Trinajstić information content (AvgIpc) is 2.77. The van der Waals surface area contributed by atoms with E-state index < -0.39 is 0 Å². The normalized spacial score (nSPS) is 33.8. The van der Waals surface area contributed by atoms with Crippen molar-refractivity contribution in [2.45, 2.75) is 25.4 Å². The first kappa shape index (κ1) is 14.5. The molecule has 3 saturated heterocycles. The van der Waals surface area contributed by atoms with Gasteiger partial charge in [0.1, 0.15) is 0 Å². The predicted molar refractivity (Wildman–Crippen MR) is 80.7 cm³/mol. The monoisotopic (exact) mass is 306 g/mol. The molecule has 1 N–H and O–H groups in total. The van der Waals surface area contributed by atoms with Crippen LogP contribution in [0.5, 0.6) is 0 Å². The number of hydrogen-bond acceptors (Lipinski definition) is 3. The van der Waals surface area contributed by atoms with Crippen molar-refractivity contribution in [2.24, 2.45) is 17.8 Å². The molecule has 1 saturated carbocycles. The van der Waals surface area contributed by atoms with Crippen LogP contribution in [-0.2, 0) is 16.1 Å². The van der Waals surface area contributed by atoms with Gasteiger partial charge in [-0.1, -0.05) is 30.3 Å². The highest BCUT2D eigenvalue weighted by Gasteiger charge is 2.57. The fourth-order valence-electron chi connectivity index (χ4n) is 4.13. The standard InChI is InChI=1S/C16H18N2O2.ClH/c19-15-13-11-6-7-12(17-8-11)14(13)16(20)18(15)9-10-4-2-1-3-5-10;/h1-5,11-14,17H,6-9H2;1H/t11-,12-,13-,14+;/m0./s1. The van der Waals surface area contributed by atoms with Gasteiger partial charge in [0.05, 0.1) is 18.4 Å². The number of likely N-dealkylation sites (tertiary alicyclic amines) is 1. The van der Waals surface area contributed by atoms with Crippen LogP contribution in [-0.4, -0.2) is 29.3 Å². The molecule has 1 aliphatic carbocycles. The van der Waals surface area contributed by atoms with Gasteiger partial charge in [-0.3, -0.25) is 14.5 Å². The molecule has 3 heterocycles. The summed E-state index contributed by atoms with van der Waals surface area (Å²) in [5.41, 5.74) is 1.02. The highest BCUT2D eigenvalue weighted by Crippen LogP contribution is 2.45. The maximum absolute atomic E-state index is 12.6. The molecule has 0 radical (unpaired) electrons. The summed E-state index contributed by atoms with van der Waals surface area (Å²) in [6.45, 7) is 1.31. The topological polar surface area (TPSA) is 49.4 Å². The van der Waals surface area contributed by atoms with Crippen molar-refractivity contribution in [2.75, 3.05) is 6.54 Å². The third-order valence-electron chi connectivity index (χ3n) is 5.10. The molecule has 1 aromatic carbocycles. The number of nitrogens with zero attached hydrogens (tertiary/aromatic N) is 1. The van der Waals surface area contributed by atoms with Gasteiger partial charge < -0.3 is 5.32 Å². The Balaban J connectivity index is 0.00000132. The average molecular weight is 307 g/mol. The second-order valence-corrected chi connectivity index (χ2v) is 6.15. The van der Waals surface area contributed by atoms with Crippen molar-refractivity contribution in [3.63, 3.8) is 0 Å². The molecule has 4 fully saturated rings. The van der Waals surface area contributed by atoms with Gasteiger partial charge in [-0.25, -0.2) is 0 Å². The Morgan fingerprint density at radius 2 is 1.76 bits per heavy atom. The molecule has 0 spiro atoms. The molecular weight excluding hydrogens is 288 g/mol. The minimum Gasteiger partial charge on any atom is -0.313 e. The molecule has 4 nitrogen and oxygen atoms in total. The molecule has 2 bridgehead atoms. The van der Waals surface area contributed by atoms with Crippen molar-refractivity contribution in [3.8, 4) is 0 Å². The zero-order valence-electron chi connectivity index (χ0n) is 11.7. The third kappa shape index (κ3) is 2.17. The maximum atomic E-state index is 12.6. The Morgan fingerprint density at radius 1 is 1.05 bits per heavy atom. The van der Waals surface area contributed by atoms with E-state index in [1.807, 2.05) is 30.3 Å². The van der Waals surface area contributed by atoms with Crippen LogP contribution < -0.4 is 5.32 Å². The Labute approximate surface area is 130 Å². The van der Waals surface area contributed by atoms with Crippen LogP contribution in [0.1, 0.15) is 18.4 Å². The molecule has 112 valence electrons. The minimum atomic E-state index is -0.112. The van der Waals surface area contributed by atoms with Crippen molar-refractivity contribution in [3.05, 3.63) is 35.9 Å². The lowest BCUT2D eigenvalue weighted by molar-refractivity contribution is -0.140. The van der Waals surface area contributed by atoms with Crippen molar-refractivity contribution in [1.82, 2.24) is 10.2 Å². The van der Waals surface area contributed by atoms with E-state index in [4.69, 9.17) is 0 Å². The molecule has 0 unspecified atom stereocenters. The van der Waals surface area contributed by atoms with Crippen LogP contribution in [0, 0.1) is 17.8 Å². The minimum absolute atomic E-state index is 0. The van der Waals surface area contributed by atoms with Crippen LogP contribution in [0.2, 0.25) is 0 Å². The number of benzene rings is 1. The second kappa shape index (κ2) is 5.43. The Morgan fingerprint density at radius 3 is 2.38 bits per heavy atom. The lowest BCUT2D eigenvalue weighted by atomic mass is 9.67. The van der Waals surface area contributed by atoms with Gasteiger partial charge in [-0.2, -0.15) is 0 Å². The van der Waals surface area contributed by atoms with Gasteiger partial charge in [0.25, 0.3) is 0 Å². The van der Waals surface area contributed by atoms with E-state index in [1.54, 1.807) is 0 Å². The quantitative estimate of drug-likeness (QED) is 0.844. The first-order chi connectivity index (χ1) is 9.75. The van der Waals surface area contributed by atoms with E-state index in [2.05, 4.69) is 5.32 Å². The largest absolute Gasteiger partial charge is 0.313 e. The Kier molecular flexibility index (Phi) is 3.76. The van der Waals surface area contributed by atoms with Gasteiger partial charge in [0, 0.05) is 6.04 Å². The number of nitrogens with one attached hydrogen (secondary N) is 1. The van der Waals surface area contributed by atoms with Crippen LogP contribution in [0.4, 0.5) is 0 Å². The zero-order valence-corrected chi connectivity index (χ0v) is 12.5. The number of fused-ring (bicyclic) bond motifs is 2. The fourth-order valence-corrected chi connectivity index (χ4v) is 4.13. The number of carbonyl (C=O) groups is 2. The van der Waals surface area contributed by atoms with Crippen LogP contribution in [0.3, 0.4) is 0 Å². The van der Waals surface area contributed by atoms with E-state index in [-0.39, 0.29) is 42.1 Å². The van der Waals surface area contributed by atoms with Crippen LogP contribution in [0.25, 0.3) is 0 Å². The summed E-state index contributed by atoms with van der Waals surface area (Å²) in [6, 6.07) is 9.98. The van der Waals surface area contributed by atoms with Gasteiger partial charge in [0.2, 0.25) is 11.8 Å². The zero-order chi connectivity index (χ0) is 13.7. The van der Waals surface area contributed by atoms with Crippen molar-refractivity contribution in [1.29, 1.82) is 0 Å². The van der Waals surface area contributed by atoms with E-state index >= 15 is 0 Å². The van der Waals surface area contributed by atoms with Crippen molar-refractivity contribution < 1.29 is 9.59 Å². The summed E-state index contributed by atoms with van der Waals surface area (Å²) in [5, 5.41) is 3.43. The molecule has 21 heavy (non-hydrogen) atoms. The van der Waals surface area contributed by atoms with Gasteiger partial charge in [0.15, 0.2) is 0 Å². The smallest absolute Gasteiger partial charge is 0.234 e. The molecule has 4 atom stereocenters. The van der Waals surface area contributed by atoms with E-state index in [0.717, 1.165) is 24.9 Å². The van der Waals surface area contributed by atoms with E-state index in [9.17, 15) is 9.59 Å². The van der Waals surface area contributed by atoms with E-state index in [1.165, 1.54) is 4.90 Å². The number of carbonyl (C=O) groups excluding carboxylic acids is 2. The SMILES string of the molecule is Cl.O=C1[C@H]2[C@H]3CC[C@H](NC3)[C@H]2C(=O)N1Cc1ccccc1. The summed E-state index contributed by atoms with van der Waals surface area (Å²) in [6.07, 6.45) is 2.11. The number of amides is 2. The van der Waals surface area contributed by atoms with Gasteiger partial charge >= 0.3 is 0 Å². The molecule has 2 amide bonds. The van der Waals surface area contributed by atoms with Crippen LogP contribution in [0.15, 0.2) is 30.3 Å². The maximum Gasteiger partial charge on any atom is 0.234 e. The number of imide groups is 1. The molecular formula is C16H19ClN2O2. The number of piperidine rings is 2. The lowest BCUT2D eigenvalue weighted by Gasteiger charge is -2.43. The third-order valence-corrected chi connectivity index (χ3v) is 5.10. The Bertz CT molecular complexity index is 525.